The van der Waals surface area contributed by atoms with Crippen LogP contribution < -0.4 is 0 Å². The van der Waals surface area contributed by atoms with Gasteiger partial charge in [-0.15, -0.1) is 0 Å². The van der Waals surface area contributed by atoms with Gasteiger partial charge >= 0.3 is 5.97 Å². The topological polar surface area (TPSA) is 70.4 Å². The number of aliphatic carboxylic acids is 1. The van der Waals surface area contributed by atoms with E-state index < -0.39 is 24.3 Å². The molecular formula is C8H8FNO3. The molecule has 0 saturated heterocycles. The van der Waals surface area contributed by atoms with Gasteiger partial charge in [0.2, 0.25) is 0 Å². The lowest BCUT2D eigenvalue weighted by molar-refractivity contribution is -0.139. The molecule has 70 valence electrons. The van der Waals surface area contributed by atoms with Crippen molar-refractivity contribution in [1.29, 1.82) is 0 Å². The summed E-state index contributed by atoms with van der Waals surface area (Å²) >= 11 is 0. The minimum atomic E-state index is -1.39. The summed E-state index contributed by atoms with van der Waals surface area (Å²) in [5.74, 6) is -1.89. The van der Waals surface area contributed by atoms with Gasteiger partial charge in [0.25, 0.3) is 0 Å². The van der Waals surface area contributed by atoms with E-state index in [1.165, 1.54) is 12.3 Å². The molecule has 0 fully saturated rings. The van der Waals surface area contributed by atoms with Crippen LogP contribution in [0.3, 0.4) is 0 Å². The summed E-state index contributed by atoms with van der Waals surface area (Å²) in [5, 5.41) is 17.5. The van der Waals surface area contributed by atoms with E-state index in [-0.39, 0.29) is 5.69 Å². The van der Waals surface area contributed by atoms with Crippen LogP contribution in [0.5, 0.6) is 0 Å². The molecule has 0 unspecified atom stereocenters. The molecule has 1 aromatic rings. The van der Waals surface area contributed by atoms with Crippen LogP contribution in [0.4, 0.5) is 4.39 Å². The number of aromatic nitrogens is 1. The number of carboxylic acids is 1. The van der Waals surface area contributed by atoms with Crippen molar-refractivity contribution in [2.24, 2.45) is 0 Å². The highest BCUT2D eigenvalue weighted by Gasteiger charge is 2.16. The maximum absolute atomic E-state index is 12.9. The van der Waals surface area contributed by atoms with E-state index in [0.29, 0.717) is 0 Å². The molecule has 5 heteroatoms. The maximum Gasteiger partial charge on any atom is 0.306 e. The third-order valence-corrected chi connectivity index (χ3v) is 1.47. The molecule has 0 saturated carbocycles. The Morgan fingerprint density at radius 2 is 2.38 bits per heavy atom. The van der Waals surface area contributed by atoms with Gasteiger partial charge in [-0.3, -0.25) is 9.78 Å². The van der Waals surface area contributed by atoms with E-state index in [0.717, 1.165) is 6.07 Å². The Morgan fingerprint density at radius 1 is 1.69 bits per heavy atom. The molecule has 1 atom stereocenters. The average molecular weight is 185 g/mol. The average Bonchev–Trinajstić information content (AvgIpc) is 2.03. The molecule has 0 radical (unpaired) electrons. The molecule has 0 aliphatic heterocycles. The fraction of sp³-hybridized carbons (Fsp3) is 0.250. The van der Waals surface area contributed by atoms with Gasteiger partial charge in [-0.2, -0.15) is 0 Å². The first-order valence-electron chi connectivity index (χ1n) is 3.61. The Hall–Kier alpha value is -1.49. The molecule has 0 aromatic carbocycles. The number of nitrogens with zero attached hydrogens (tertiary/aromatic N) is 1. The van der Waals surface area contributed by atoms with E-state index in [9.17, 15) is 14.3 Å². The van der Waals surface area contributed by atoms with E-state index in [1.807, 2.05) is 0 Å². The van der Waals surface area contributed by atoms with Crippen molar-refractivity contribution in [3.05, 3.63) is 29.8 Å². The molecule has 0 bridgehead atoms. The van der Waals surface area contributed by atoms with Crippen molar-refractivity contribution < 1.29 is 19.4 Å². The largest absolute Gasteiger partial charge is 0.481 e. The predicted octanol–water partition coefficient (Wildman–Crippen LogP) is 0.729. The molecule has 4 nitrogen and oxygen atoms in total. The van der Waals surface area contributed by atoms with Gasteiger partial charge in [0, 0.05) is 6.20 Å². The highest BCUT2D eigenvalue weighted by Crippen LogP contribution is 2.16. The Morgan fingerprint density at radius 3 is 2.92 bits per heavy atom. The fourth-order valence-corrected chi connectivity index (χ4v) is 0.905. The van der Waals surface area contributed by atoms with Crippen LogP contribution in [0, 0.1) is 5.82 Å². The second-order valence-electron chi connectivity index (χ2n) is 2.48. The van der Waals surface area contributed by atoms with Crippen molar-refractivity contribution in [1.82, 2.24) is 4.98 Å². The van der Waals surface area contributed by atoms with Crippen LogP contribution in [0.1, 0.15) is 18.2 Å². The normalized spacial score (nSPS) is 12.5. The smallest absolute Gasteiger partial charge is 0.306 e. The number of aliphatic hydroxyl groups is 1. The van der Waals surface area contributed by atoms with E-state index in [4.69, 9.17) is 5.11 Å². The molecule has 0 spiro atoms. The van der Waals surface area contributed by atoms with E-state index in [1.54, 1.807) is 0 Å². The number of halogens is 1. The number of carboxylic acid groups (broad SMARTS) is 1. The zero-order valence-electron chi connectivity index (χ0n) is 6.64. The lowest BCUT2D eigenvalue weighted by atomic mass is 10.1. The molecule has 13 heavy (non-hydrogen) atoms. The Labute approximate surface area is 73.7 Å². The summed E-state index contributed by atoms with van der Waals surface area (Å²) in [4.78, 5) is 13.7. The number of rotatable bonds is 3. The van der Waals surface area contributed by atoms with Crippen LogP contribution >= 0.6 is 0 Å². The third-order valence-electron chi connectivity index (χ3n) is 1.47. The lowest BCUT2D eigenvalue weighted by Gasteiger charge is -2.06. The van der Waals surface area contributed by atoms with E-state index in [2.05, 4.69) is 4.98 Å². The van der Waals surface area contributed by atoms with Crippen LogP contribution in [0.15, 0.2) is 18.3 Å². The molecule has 0 amide bonds. The molecule has 1 aromatic heterocycles. The fourth-order valence-electron chi connectivity index (χ4n) is 0.905. The summed E-state index contributed by atoms with van der Waals surface area (Å²) in [6, 6.07) is 2.49. The highest BCUT2D eigenvalue weighted by molar-refractivity contribution is 5.67. The second-order valence-corrected chi connectivity index (χ2v) is 2.48. The van der Waals surface area contributed by atoms with Gasteiger partial charge in [0.05, 0.1) is 6.42 Å². The van der Waals surface area contributed by atoms with Crippen molar-refractivity contribution in [3.63, 3.8) is 0 Å². The number of carbonyl (C=O) groups is 1. The first kappa shape index (κ1) is 9.60. The van der Waals surface area contributed by atoms with Gasteiger partial charge in [-0.1, -0.05) is 0 Å². The zero-order chi connectivity index (χ0) is 9.84. The van der Waals surface area contributed by atoms with Crippen molar-refractivity contribution in [2.75, 3.05) is 0 Å². The molecule has 0 aliphatic carbocycles. The van der Waals surface area contributed by atoms with Crippen molar-refractivity contribution in [3.8, 4) is 0 Å². The summed E-state index contributed by atoms with van der Waals surface area (Å²) in [6.07, 6.45) is -0.643. The standard InChI is InChI=1S/C8H8FNO3/c9-5-2-1-3-10-8(5)6(11)4-7(12)13/h1-3,6,11H,4H2,(H,12,13)/t6-/m0/s1. The minimum absolute atomic E-state index is 0.232. The summed E-state index contributed by atoms with van der Waals surface area (Å²) in [5.41, 5.74) is -0.232. The number of pyridine rings is 1. The maximum atomic E-state index is 12.9. The monoisotopic (exact) mass is 185 g/mol. The van der Waals surface area contributed by atoms with E-state index >= 15 is 0 Å². The Balaban J connectivity index is 2.82. The van der Waals surface area contributed by atoms with Crippen LogP contribution in [-0.2, 0) is 4.79 Å². The molecule has 1 rings (SSSR count). The summed E-state index contributed by atoms with van der Waals surface area (Å²) in [7, 11) is 0. The summed E-state index contributed by atoms with van der Waals surface area (Å²) < 4.78 is 12.9. The van der Waals surface area contributed by atoms with Crippen LogP contribution in [-0.4, -0.2) is 21.2 Å². The quantitative estimate of drug-likeness (QED) is 0.728. The van der Waals surface area contributed by atoms with Gasteiger partial charge in [-0.25, -0.2) is 4.39 Å². The number of hydrogen-bond acceptors (Lipinski definition) is 3. The van der Waals surface area contributed by atoms with Crippen molar-refractivity contribution in [2.45, 2.75) is 12.5 Å². The zero-order valence-corrected chi connectivity index (χ0v) is 6.64. The van der Waals surface area contributed by atoms with Gasteiger partial charge in [-0.05, 0) is 12.1 Å². The molecular weight excluding hydrogens is 177 g/mol. The number of aliphatic hydroxyl groups excluding tert-OH is 1. The summed E-state index contributed by atoms with van der Waals surface area (Å²) in [6.45, 7) is 0. The minimum Gasteiger partial charge on any atom is -0.481 e. The molecule has 2 N–H and O–H groups in total. The van der Waals surface area contributed by atoms with Gasteiger partial charge in [0.1, 0.15) is 17.6 Å². The van der Waals surface area contributed by atoms with Gasteiger partial charge < -0.3 is 10.2 Å². The molecule has 1 heterocycles. The van der Waals surface area contributed by atoms with Gasteiger partial charge in [0.15, 0.2) is 0 Å². The van der Waals surface area contributed by atoms with Crippen molar-refractivity contribution >= 4 is 5.97 Å². The Kier molecular flexibility index (Phi) is 2.92. The first-order chi connectivity index (χ1) is 6.11. The lowest BCUT2D eigenvalue weighted by Crippen LogP contribution is -2.08. The predicted molar refractivity (Wildman–Crippen MR) is 41.4 cm³/mol. The Bertz CT molecular complexity index is 316. The third kappa shape index (κ3) is 2.48. The first-order valence-corrected chi connectivity index (χ1v) is 3.61. The second kappa shape index (κ2) is 3.95. The van der Waals surface area contributed by atoms with Crippen LogP contribution in [0.2, 0.25) is 0 Å². The number of hydrogen-bond donors (Lipinski definition) is 2. The SMILES string of the molecule is O=C(O)C[C@H](O)c1ncccc1F. The molecule has 0 aliphatic rings. The highest BCUT2D eigenvalue weighted by atomic mass is 19.1. The van der Waals surface area contributed by atoms with Crippen LogP contribution in [0.25, 0.3) is 0 Å².